The third-order valence-electron chi connectivity index (χ3n) is 3.14. The second-order valence-electron chi connectivity index (χ2n) is 5.19. The van der Waals surface area contributed by atoms with Crippen molar-refractivity contribution in [2.75, 3.05) is 26.4 Å². The van der Waals surface area contributed by atoms with Crippen LogP contribution in [-0.2, 0) is 16.1 Å². The molecular weight excluding hydrogens is 266 g/mol. The molecule has 1 fully saturated rings. The van der Waals surface area contributed by atoms with E-state index in [0.717, 1.165) is 6.42 Å². The minimum atomic E-state index is 0.559. The number of nitrogens with two attached hydrogens (primary N) is 1. The van der Waals surface area contributed by atoms with E-state index < -0.39 is 0 Å². The fraction of sp³-hybridized carbons (Fsp3) is 0.562. The maximum atomic E-state index is 5.73. The van der Waals surface area contributed by atoms with Gasteiger partial charge in [-0.1, -0.05) is 30.3 Å². The van der Waals surface area contributed by atoms with Crippen molar-refractivity contribution in [3.05, 3.63) is 35.9 Å². The summed E-state index contributed by atoms with van der Waals surface area (Å²) in [6.07, 6.45) is 3.30. The summed E-state index contributed by atoms with van der Waals surface area (Å²) < 4.78 is 11.0. The van der Waals surface area contributed by atoms with E-state index in [1.54, 1.807) is 0 Å². The topological polar surface area (TPSA) is 68.9 Å². The second-order valence-corrected chi connectivity index (χ2v) is 5.19. The molecule has 1 aliphatic carbocycles. The number of hydrogen-bond donors (Lipinski definition) is 2. The first-order valence-corrected chi connectivity index (χ1v) is 7.60. The minimum Gasteiger partial charge on any atom is -0.379 e. The van der Waals surface area contributed by atoms with Crippen molar-refractivity contribution < 1.29 is 9.47 Å². The van der Waals surface area contributed by atoms with Crippen molar-refractivity contribution in [2.45, 2.75) is 31.9 Å². The molecule has 0 aromatic heterocycles. The van der Waals surface area contributed by atoms with Gasteiger partial charge >= 0.3 is 0 Å². The second kappa shape index (κ2) is 9.37. The standard InChI is InChI=1S/C16H25N3O2/c17-16(19-15-7-8-15)18-9-4-10-20-11-12-21-13-14-5-2-1-3-6-14/h1-3,5-6,15H,4,7-13H2,(H3,17,18,19). The summed E-state index contributed by atoms with van der Waals surface area (Å²) in [6, 6.07) is 10.7. The molecule has 116 valence electrons. The molecule has 0 bridgehead atoms. The van der Waals surface area contributed by atoms with Crippen molar-refractivity contribution >= 4 is 5.96 Å². The summed E-state index contributed by atoms with van der Waals surface area (Å²) >= 11 is 0. The van der Waals surface area contributed by atoms with Gasteiger partial charge < -0.3 is 20.5 Å². The van der Waals surface area contributed by atoms with E-state index in [1.165, 1.54) is 18.4 Å². The Balaban J connectivity index is 1.38. The van der Waals surface area contributed by atoms with Gasteiger partial charge in [0.25, 0.3) is 0 Å². The predicted molar refractivity (Wildman–Crippen MR) is 84.2 cm³/mol. The van der Waals surface area contributed by atoms with Crippen molar-refractivity contribution in [1.82, 2.24) is 5.32 Å². The molecule has 0 aliphatic heterocycles. The largest absolute Gasteiger partial charge is 0.379 e. The average molecular weight is 291 g/mol. The lowest BCUT2D eigenvalue weighted by atomic mass is 10.2. The van der Waals surface area contributed by atoms with Gasteiger partial charge in [-0.3, -0.25) is 4.99 Å². The van der Waals surface area contributed by atoms with Crippen LogP contribution in [0.1, 0.15) is 24.8 Å². The number of nitrogens with one attached hydrogen (secondary N) is 1. The maximum Gasteiger partial charge on any atom is 0.188 e. The van der Waals surface area contributed by atoms with Crippen LogP contribution in [0.25, 0.3) is 0 Å². The monoisotopic (exact) mass is 291 g/mol. The maximum absolute atomic E-state index is 5.73. The van der Waals surface area contributed by atoms with Crippen LogP contribution in [0.15, 0.2) is 35.3 Å². The Morgan fingerprint density at radius 1 is 1.14 bits per heavy atom. The predicted octanol–water partition coefficient (Wildman–Crippen LogP) is 1.68. The molecule has 0 amide bonds. The zero-order chi connectivity index (χ0) is 14.8. The molecule has 1 aromatic carbocycles. The van der Waals surface area contributed by atoms with Crippen molar-refractivity contribution in [3.8, 4) is 0 Å². The number of rotatable bonds is 10. The van der Waals surface area contributed by atoms with E-state index in [4.69, 9.17) is 15.2 Å². The van der Waals surface area contributed by atoms with Gasteiger partial charge in [0, 0.05) is 19.2 Å². The van der Waals surface area contributed by atoms with E-state index in [1.807, 2.05) is 18.2 Å². The van der Waals surface area contributed by atoms with Crippen LogP contribution in [0.2, 0.25) is 0 Å². The van der Waals surface area contributed by atoms with Crippen LogP contribution in [0.3, 0.4) is 0 Å². The third kappa shape index (κ3) is 7.68. The van der Waals surface area contributed by atoms with Crippen LogP contribution in [0.5, 0.6) is 0 Å². The lowest BCUT2D eigenvalue weighted by Crippen LogP contribution is -2.33. The average Bonchev–Trinajstić information content (AvgIpc) is 3.30. The molecule has 2 rings (SSSR count). The normalized spacial score (nSPS) is 15.1. The van der Waals surface area contributed by atoms with Crippen LogP contribution in [0.4, 0.5) is 0 Å². The highest BCUT2D eigenvalue weighted by Gasteiger charge is 2.21. The van der Waals surface area contributed by atoms with E-state index in [9.17, 15) is 0 Å². The summed E-state index contributed by atoms with van der Waals surface area (Å²) in [5.41, 5.74) is 6.91. The molecule has 0 radical (unpaired) electrons. The smallest absolute Gasteiger partial charge is 0.188 e. The Morgan fingerprint density at radius 3 is 2.67 bits per heavy atom. The Kier molecular flexibility index (Phi) is 7.04. The van der Waals surface area contributed by atoms with Crippen molar-refractivity contribution in [2.24, 2.45) is 10.7 Å². The first-order valence-electron chi connectivity index (χ1n) is 7.60. The third-order valence-corrected chi connectivity index (χ3v) is 3.14. The summed E-state index contributed by atoms with van der Waals surface area (Å²) in [6.45, 7) is 3.26. The molecule has 21 heavy (non-hydrogen) atoms. The van der Waals surface area contributed by atoms with Crippen LogP contribution in [-0.4, -0.2) is 38.4 Å². The molecular formula is C16H25N3O2. The Hall–Kier alpha value is -1.59. The molecule has 3 N–H and O–H groups in total. The number of hydrogen-bond acceptors (Lipinski definition) is 3. The van der Waals surface area contributed by atoms with Gasteiger partial charge in [0.1, 0.15) is 0 Å². The molecule has 5 heteroatoms. The highest BCUT2D eigenvalue weighted by Crippen LogP contribution is 2.17. The molecule has 0 heterocycles. The Labute approximate surface area is 126 Å². The first kappa shape index (κ1) is 15.8. The van der Waals surface area contributed by atoms with Gasteiger partial charge in [-0.15, -0.1) is 0 Å². The van der Waals surface area contributed by atoms with Crippen LogP contribution >= 0.6 is 0 Å². The number of nitrogens with zero attached hydrogens (tertiary/aromatic N) is 1. The summed E-state index contributed by atoms with van der Waals surface area (Å²) in [5.74, 6) is 0.559. The highest BCUT2D eigenvalue weighted by atomic mass is 16.5. The molecule has 1 aliphatic rings. The number of guanidine groups is 1. The quantitative estimate of drug-likeness (QED) is 0.391. The van der Waals surface area contributed by atoms with Gasteiger partial charge in [-0.25, -0.2) is 0 Å². The summed E-state index contributed by atoms with van der Waals surface area (Å²) in [4.78, 5) is 4.25. The van der Waals surface area contributed by atoms with Crippen LogP contribution in [0, 0.1) is 0 Å². The van der Waals surface area contributed by atoms with Crippen molar-refractivity contribution in [3.63, 3.8) is 0 Å². The highest BCUT2D eigenvalue weighted by molar-refractivity contribution is 5.78. The molecule has 1 aromatic rings. The SMILES string of the molecule is NC(=NCCCOCCOCc1ccccc1)NC1CC1. The van der Waals surface area contributed by atoms with E-state index >= 15 is 0 Å². The van der Waals surface area contributed by atoms with E-state index in [-0.39, 0.29) is 0 Å². The molecule has 0 unspecified atom stereocenters. The van der Waals surface area contributed by atoms with Gasteiger partial charge in [-0.05, 0) is 24.8 Å². The molecule has 0 atom stereocenters. The van der Waals surface area contributed by atoms with Gasteiger partial charge in [0.2, 0.25) is 0 Å². The molecule has 0 saturated heterocycles. The zero-order valence-corrected chi connectivity index (χ0v) is 12.5. The number of benzene rings is 1. The first-order chi connectivity index (χ1) is 10.3. The van der Waals surface area contributed by atoms with Crippen LogP contribution < -0.4 is 11.1 Å². The molecule has 0 spiro atoms. The lowest BCUT2D eigenvalue weighted by molar-refractivity contribution is 0.0403. The van der Waals surface area contributed by atoms with Gasteiger partial charge in [0.05, 0.1) is 19.8 Å². The van der Waals surface area contributed by atoms with E-state index in [2.05, 4.69) is 22.4 Å². The molecule has 1 saturated carbocycles. The summed E-state index contributed by atoms with van der Waals surface area (Å²) in [7, 11) is 0. The number of ether oxygens (including phenoxy) is 2. The number of aliphatic imine (C=N–C) groups is 1. The minimum absolute atomic E-state index is 0.559. The fourth-order valence-corrected chi connectivity index (χ4v) is 1.83. The molecule has 5 nitrogen and oxygen atoms in total. The van der Waals surface area contributed by atoms with Crippen molar-refractivity contribution in [1.29, 1.82) is 0 Å². The lowest BCUT2D eigenvalue weighted by Gasteiger charge is -2.06. The zero-order valence-electron chi connectivity index (χ0n) is 12.5. The Morgan fingerprint density at radius 2 is 1.90 bits per heavy atom. The Bertz CT molecular complexity index is 419. The fourth-order valence-electron chi connectivity index (χ4n) is 1.83. The van der Waals surface area contributed by atoms with Gasteiger partial charge in [-0.2, -0.15) is 0 Å². The van der Waals surface area contributed by atoms with Gasteiger partial charge in [0.15, 0.2) is 5.96 Å². The summed E-state index contributed by atoms with van der Waals surface area (Å²) in [5, 5.41) is 3.16. The van der Waals surface area contributed by atoms with E-state index in [0.29, 0.717) is 45.0 Å².